The van der Waals surface area contributed by atoms with Gasteiger partial charge >= 0.3 is 0 Å². The van der Waals surface area contributed by atoms with Crippen LogP contribution in [0.15, 0.2) is 66.9 Å². The lowest BCUT2D eigenvalue weighted by Crippen LogP contribution is -2.49. The summed E-state index contributed by atoms with van der Waals surface area (Å²) in [5.41, 5.74) is 0.790. The van der Waals surface area contributed by atoms with Gasteiger partial charge in [-0.2, -0.15) is 0 Å². The van der Waals surface area contributed by atoms with Crippen molar-refractivity contribution in [3.05, 3.63) is 89.6 Å². The van der Waals surface area contributed by atoms with E-state index in [1.807, 2.05) is 4.90 Å². The number of hydrogen-bond donors (Lipinski definition) is 1. The number of carbonyl (C=O) groups excluding carboxylic acids is 2. The summed E-state index contributed by atoms with van der Waals surface area (Å²) >= 11 is 0. The Hall–Kier alpha value is -3.81. The van der Waals surface area contributed by atoms with Gasteiger partial charge in [0.1, 0.15) is 17.5 Å². The fraction of sp³-hybridized carbons (Fsp3) is 0.174. The van der Waals surface area contributed by atoms with E-state index < -0.39 is 17.5 Å². The van der Waals surface area contributed by atoms with Crippen molar-refractivity contribution in [1.29, 1.82) is 0 Å². The Labute approximate surface area is 178 Å². The van der Waals surface area contributed by atoms with E-state index in [4.69, 9.17) is 0 Å². The van der Waals surface area contributed by atoms with Gasteiger partial charge in [-0.15, -0.1) is 0 Å². The highest BCUT2D eigenvalue weighted by Gasteiger charge is 2.24. The standard InChI is InChI=1S/C23H20F2N4O2/c24-17-5-3-4-16(14-17)22(30)27-18-8-9-21(26-15-18)28-10-12-29(13-11-28)23(31)19-6-1-2-7-20(19)25/h1-9,14-15H,10-13H2,(H,27,30). The number of halogens is 2. The molecule has 1 aliphatic heterocycles. The fourth-order valence-electron chi connectivity index (χ4n) is 3.42. The zero-order valence-electron chi connectivity index (χ0n) is 16.6. The molecule has 8 heteroatoms. The average molecular weight is 422 g/mol. The summed E-state index contributed by atoms with van der Waals surface area (Å²) in [6.07, 6.45) is 1.53. The molecule has 0 radical (unpaired) electrons. The van der Waals surface area contributed by atoms with Crippen molar-refractivity contribution in [1.82, 2.24) is 9.88 Å². The second-order valence-electron chi connectivity index (χ2n) is 7.13. The minimum atomic E-state index is -0.521. The number of amides is 2. The van der Waals surface area contributed by atoms with Gasteiger partial charge < -0.3 is 15.1 Å². The number of nitrogens with one attached hydrogen (secondary N) is 1. The van der Waals surface area contributed by atoms with E-state index in [0.717, 1.165) is 0 Å². The highest BCUT2D eigenvalue weighted by molar-refractivity contribution is 6.04. The predicted molar refractivity (Wildman–Crippen MR) is 113 cm³/mol. The lowest BCUT2D eigenvalue weighted by molar-refractivity contribution is 0.0741. The maximum Gasteiger partial charge on any atom is 0.256 e. The monoisotopic (exact) mass is 422 g/mol. The minimum Gasteiger partial charge on any atom is -0.353 e. The maximum atomic E-state index is 13.9. The number of benzene rings is 2. The quantitative estimate of drug-likeness (QED) is 0.698. The molecule has 2 aromatic carbocycles. The molecule has 0 unspecified atom stereocenters. The third-order valence-corrected chi connectivity index (χ3v) is 5.09. The first kappa shape index (κ1) is 20.5. The van der Waals surface area contributed by atoms with E-state index in [1.165, 1.54) is 42.6 Å². The zero-order chi connectivity index (χ0) is 21.8. The molecule has 158 valence electrons. The number of piperazine rings is 1. The van der Waals surface area contributed by atoms with Gasteiger partial charge in [0.2, 0.25) is 0 Å². The summed E-state index contributed by atoms with van der Waals surface area (Å²) in [5, 5.41) is 2.69. The number of hydrogen-bond acceptors (Lipinski definition) is 4. The van der Waals surface area contributed by atoms with Crippen LogP contribution in [0.1, 0.15) is 20.7 Å². The number of aromatic nitrogens is 1. The first-order valence-corrected chi connectivity index (χ1v) is 9.83. The second-order valence-corrected chi connectivity index (χ2v) is 7.13. The van der Waals surface area contributed by atoms with Crippen molar-refractivity contribution in [2.45, 2.75) is 0 Å². The molecule has 2 amide bonds. The van der Waals surface area contributed by atoms with E-state index in [9.17, 15) is 18.4 Å². The van der Waals surface area contributed by atoms with Crippen molar-refractivity contribution >= 4 is 23.3 Å². The van der Waals surface area contributed by atoms with Crippen LogP contribution in [0.25, 0.3) is 0 Å². The van der Waals surface area contributed by atoms with Crippen molar-refractivity contribution in [2.75, 3.05) is 36.4 Å². The van der Waals surface area contributed by atoms with Gasteiger partial charge in [-0.05, 0) is 42.5 Å². The van der Waals surface area contributed by atoms with Crippen LogP contribution in [0.3, 0.4) is 0 Å². The highest BCUT2D eigenvalue weighted by atomic mass is 19.1. The van der Waals surface area contributed by atoms with E-state index in [-0.39, 0.29) is 17.0 Å². The molecule has 2 heterocycles. The van der Waals surface area contributed by atoms with Crippen LogP contribution in [-0.4, -0.2) is 47.9 Å². The van der Waals surface area contributed by atoms with Crippen LogP contribution >= 0.6 is 0 Å². The Morgan fingerprint density at radius 1 is 0.903 bits per heavy atom. The molecule has 31 heavy (non-hydrogen) atoms. The first-order chi connectivity index (χ1) is 15.0. The fourth-order valence-corrected chi connectivity index (χ4v) is 3.42. The molecule has 1 aromatic heterocycles. The lowest BCUT2D eigenvalue weighted by atomic mass is 10.1. The van der Waals surface area contributed by atoms with Crippen molar-refractivity contribution < 1.29 is 18.4 Å². The molecule has 4 rings (SSSR count). The number of nitrogens with zero attached hydrogens (tertiary/aromatic N) is 3. The molecule has 0 bridgehead atoms. The summed E-state index contributed by atoms with van der Waals surface area (Å²) in [4.78, 5) is 32.8. The minimum absolute atomic E-state index is 0.0764. The normalized spacial score (nSPS) is 13.7. The SMILES string of the molecule is O=C(Nc1ccc(N2CCN(C(=O)c3ccccc3F)CC2)nc1)c1cccc(F)c1. The molecule has 3 aromatic rings. The van der Waals surface area contributed by atoms with E-state index in [1.54, 1.807) is 29.2 Å². The Balaban J connectivity index is 1.35. The lowest BCUT2D eigenvalue weighted by Gasteiger charge is -2.35. The van der Waals surface area contributed by atoms with Crippen molar-refractivity contribution in [2.24, 2.45) is 0 Å². The Kier molecular flexibility index (Phi) is 5.88. The Morgan fingerprint density at radius 2 is 1.68 bits per heavy atom. The Morgan fingerprint density at radius 3 is 2.35 bits per heavy atom. The summed E-state index contributed by atoms with van der Waals surface area (Å²) < 4.78 is 27.2. The number of carbonyl (C=O) groups is 2. The van der Waals surface area contributed by atoms with Crippen molar-refractivity contribution in [3.8, 4) is 0 Å². The molecule has 6 nitrogen and oxygen atoms in total. The van der Waals surface area contributed by atoms with Gasteiger partial charge in [0, 0.05) is 31.7 Å². The first-order valence-electron chi connectivity index (χ1n) is 9.83. The molecular weight excluding hydrogens is 402 g/mol. The molecule has 1 aliphatic rings. The molecule has 0 spiro atoms. The molecule has 1 N–H and O–H groups in total. The maximum absolute atomic E-state index is 13.9. The summed E-state index contributed by atoms with van der Waals surface area (Å²) in [6.45, 7) is 2.02. The van der Waals surface area contributed by atoms with Gasteiger partial charge in [-0.1, -0.05) is 18.2 Å². The molecule has 1 fully saturated rings. The summed E-state index contributed by atoms with van der Waals surface area (Å²) in [6, 6.07) is 14.9. The van der Waals surface area contributed by atoms with Gasteiger partial charge in [-0.3, -0.25) is 9.59 Å². The van der Waals surface area contributed by atoms with Gasteiger partial charge in [0.05, 0.1) is 17.4 Å². The topological polar surface area (TPSA) is 65.5 Å². The van der Waals surface area contributed by atoms with Crippen LogP contribution in [-0.2, 0) is 0 Å². The zero-order valence-corrected chi connectivity index (χ0v) is 16.6. The van der Waals surface area contributed by atoms with Gasteiger partial charge in [0.15, 0.2) is 0 Å². The van der Waals surface area contributed by atoms with Gasteiger partial charge in [0.25, 0.3) is 11.8 Å². The van der Waals surface area contributed by atoms with Crippen LogP contribution in [0, 0.1) is 11.6 Å². The largest absolute Gasteiger partial charge is 0.353 e. The highest BCUT2D eigenvalue weighted by Crippen LogP contribution is 2.18. The molecule has 0 saturated carbocycles. The third kappa shape index (κ3) is 4.69. The number of rotatable bonds is 4. The van der Waals surface area contributed by atoms with Crippen molar-refractivity contribution in [3.63, 3.8) is 0 Å². The van der Waals surface area contributed by atoms with Gasteiger partial charge in [-0.25, -0.2) is 13.8 Å². The van der Waals surface area contributed by atoms with Crippen LogP contribution in [0.5, 0.6) is 0 Å². The summed E-state index contributed by atoms with van der Waals surface area (Å²) in [7, 11) is 0. The van der Waals surface area contributed by atoms with E-state index >= 15 is 0 Å². The number of pyridine rings is 1. The predicted octanol–water partition coefficient (Wildman–Crippen LogP) is 3.57. The smallest absolute Gasteiger partial charge is 0.256 e. The van der Waals surface area contributed by atoms with Crippen LogP contribution in [0.2, 0.25) is 0 Å². The molecular formula is C23H20F2N4O2. The second kappa shape index (κ2) is 8.91. The molecule has 0 aliphatic carbocycles. The van der Waals surface area contributed by atoms with E-state index in [2.05, 4.69) is 10.3 Å². The third-order valence-electron chi connectivity index (χ3n) is 5.09. The average Bonchev–Trinajstić information content (AvgIpc) is 2.79. The summed E-state index contributed by atoms with van der Waals surface area (Å²) in [5.74, 6) is -1.03. The molecule has 1 saturated heterocycles. The number of anilines is 2. The van der Waals surface area contributed by atoms with E-state index in [0.29, 0.717) is 37.7 Å². The Bertz CT molecular complexity index is 1100. The van der Waals surface area contributed by atoms with Crippen LogP contribution < -0.4 is 10.2 Å². The molecule has 0 atom stereocenters. The van der Waals surface area contributed by atoms with Crippen LogP contribution in [0.4, 0.5) is 20.3 Å².